The van der Waals surface area contributed by atoms with Gasteiger partial charge in [-0.3, -0.25) is 10.1 Å². The van der Waals surface area contributed by atoms with E-state index >= 15 is 0 Å². The Morgan fingerprint density at radius 1 is 1.23 bits per heavy atom. The Labute approximate surface area is 125 Å². The predicted molar refractivity (Wildman–Crippen MR) is 81.2 cm³/mol. The van der Waals surface area contributed by atoms with Gasteiger partial charge in [-0.2, -0.15) is 9.99 Å². The molecule has 0 aliphatic heterocycles. The van der Waals surface area contributed by atoms with Crippen molar-refractivity contribution in [2.45, 2.75) is 0 Å². The molecule has 0 saturated carbocycles. The summed E-state index contributed by atoms with van der Waals surface area (Å²) in [5.41, 5.74) is 3.00. The van der Waals surface area contributed by atoms with E-state index in [1.165, 1.54) is 19.2 Å². The zero-order valence-corrected chi connectivity index (χ0v) is 11.7. The van der Waals surface area contributed by atoms with Crippen molar-refractivity contribution in [1.29, 1.82) is 5.26 Å². The van der Waals surface area contributed by atoms with Crippen LogP contribution in [0.5, 0.6) is 0 Å². The Hall–Kier alpha value is -3.33. The Morgan fingerprint density at radius 3 is 2.55 bits per heavy atom. The summed E-state index contributed by atoms with van der Waals surface area (Å²) in [4.78, 5) is 15.8. The predicted octanol–water partition coefficient (Wildman–Crippen LogP) is 3.15. The third-order valence-corrected chi connectivity index (χ3v) is 3.49. The normalized spacial score (nSPS) is 10.4. The monoisotopic (exact) mass is 293 g/mol. The largest absolute Gasteiger partial charge is 0.417 e. The molecule has 1 heterocycles. The number of nitriles is 1. The van der Waals surface area contributed by atoms with E-state index in [-0.39, 0.29) is 5.69 Å². The summed E-state index contributed by atoms with van der Waals surface area (Å²) in [6, 6.07) is 13.7. The molecule has 3 rings (SSSR count). The van der Waals surface area contributed by atoms with Crippen LogP contribution < -0.4 is 4.84 Å². The maximum absolute atomic E-state index is 11.0. The van der Waals surface area contributed by atoms with Crippen molar-refractivity contribution in [2.24, 2.45) is 0 Å². The molecule has 0 unspecified atom stereocenters. The highest BCUT2D eigenvalue weighted by atomic mass is 16.6. The fourth-order valence-corrected chi connectivity index (χ4v) is 2.41. The first-order valence-corrected chi connectivity index (χ1v) is 6.48. The quantitative estimate of drug-likeness (QED) is 0.548. The first-order chi connectivity index (χ1) is 10.6. The Balaban J connectivity index is 2.25. The molecule has 0 amide bonds. The van der Waals surface area contributed by atoms with Gasteiger partial charge in [0.2, 0.25) is 0 Å². The topological polar surface area (TPSA) is 81.1 Å². The molecule has 0 spiro atoms. The van der Waals surface area contributed by atoms with Crippen molar-refractivity contribution >= 4 is 16.6 Å². The van der Waals surface area contributed by atoms with Gasteiger partial charge in [0.05, 0.1) is 28.3 Å². The highest BCUT2D eigenvalue weighted by Gasteiger charge is 2.15. The van der Waals surface area contributed by atoms with E-state index in [2.05, 4.69) is 6.07 Å². The highest BCUT2D eigenvalue weighted by Crippen LogP contribution is 2.32. The third-order valence-electron chi connectivity index (χ3n) is 3.49. The van der Waals surface area contributed by atoms with Crippen LogP contribution in [0.4, 0.5) is 5.69 Å². The lowest BCUT2D eigenvalue weighted by molar-refractivity contribution is -0.384. The first kappa shape index (κ1) is 13.6. The number of hydrogen-bond acceptors (Lipinski definition) is 4. The molecular formula is C16H11N3O3. The minimum Gasteiger partial charge on any atom is -0.417 e. The van der Waals surface area contributed by atoms with E-state index in [0.717, 1.165) is 22.0 Å². The van der Waals surface area contributed by atoms with Gasteiger partial charge in [0, 0.05) is 23.1 Å². The van der Waals surface area contributed by atoms with Gasteiger partial charge in [-0.15, -0.1) is 0 Å². The molecule has 22 heavy (non-hydrogen) atoms. The molecule has 0 fully saturated rings. The SMILES string of the molecule is COn1cc(-c2ccc(C#N)cc2)c2cc([N+](=O)[O-])ccc21. The second kappa shape index (κ2) is 5.22. The number of nitro benzene ring substituents is 1. The van der Waals surface area contributed by atoms with E-state index in [0.29, 0.717) is 5.56 Å². The van der Waals surface area contributed by atoms with E-state index < -0.39 is 4.92 Å². The summed E-state index contributed by atoms with van der Waals surface area (Å²) in [6.45, 7) is 0. The molecule has 0 bridgehead atoms. The lowest BCUT2D eigenvalue weighted by Gasteiger charge is -2.00. The maximum Gasteiger partial charge on any atom is 0.270 e. The van der Waals surface area contributed by atoms with Crippen LogP contribution in [0.1, 0.15) is 5.56 Å². The molecule has 6 nitrogen and oxygen atoms in total. The molecule has 0 saturated heterocycles. The van der Waals surface area contributed by atoms with Crippen molar-refractivity contribution in [1.82, 2.24) is 4.73 Å². The number of aromatic nitrogens is 1. The van der Waals surface area contributed by atoms with Crippen LogP contribution in [0.2, 0.25) is 0 Å². The molecule has 0 radical (unpaired) electrons. The first-order valence-electron chi connectivity index (χ1n) is 6.48. The molecule has 0 N–H and O–H groups in total. The van der Waals surface area contributed by atoms with Gasteiger partial charge in [-0.1, -0.05) is 12.1 Å². The molecule has 1 aromatic heterocycles. The molecule has 0 aliphatic carbocycles. The number of non-ortho nitro benzene ring substituents is 1. The van der Waals surface area contributed by atoms with Gasteiger partial charge in [0.25, 0.3) is 5.69 Å². The van der Waals surface area contributed by atoms with Gasteiger partial charge in [0.15, 0.2) is 0 Å². The van der Waals surface area contributed by atoms with Crippen LogP contribution in [-0.4, -0.2) is 16.8 Å². The zero-order chi connectivity index (χ0) is 15.7. The van der Waals surface area contributed by atoms with Gasteiger partial charge >= 0.3 is 0 Å². The molecule has 3 aromatic rings. The number of hydrogen-bond donors (Lipinski definition) is 0. The number of nitrogens with zero attached hydrogens (tertiary/aromatic N) is 3. The lowest BCUT2D eigenvalue weighted by atomic mass is 10.0. The highest BCUT2D eigenvalue weighted by molar-refractivity contribution is 5.97. The molecule has 0 aliphatic rings. The van der Waals surface area contributed by atoms with E-state index in [4.69, 9.17) is 10.1 Å². The third kappa shape index (κ3) is 2.15. The van der Waals surface area contributed by atoms with Crippen LogP contribution in [0.3, 0.4) is 0 Å². The van der Waals surface area contributed by atoms with E-state index in [9.17, 15) is 10.1 Å². The minimum atomic E-state index is -0.424. The van der Waals surface area contributed by atoms with Gasteiger partial charge in [-0.25, -0.2) is 0 Å². The Kier molecular flexibility index (Phi) is 3.24. The summed E-state index contributed by atoms with van der Waals surface area (Å²) < 4.78 is 1.56. The fraction of sp³-hybridized carbons (Fsp3) is 0.0625. The second-order valence-electron chi connectivity index (χ2n) is 4.70. The molecule has 108 valence electrons. The van der Waals surface area contributed by atoms with Crippen LogP contribution in [0.15, 0.2) is 48.7 Å². The fourth-order valence-electron chi connectivity index (χ4n) is 2.41. The summed E-state index contributed by atoms with van der Waals surface area (Å²) in [7, 11) is 1.53. The summed E-state index contributed by atoms with van der Waals surface area (Å²) in [6.07, 6.45) is 1.77. The zero-order valence-electron chi connectivity index (χ0n) is 11.7. The average molecular weight is 293 g/mol. The standard InChI is InChI=1S/C16H11N3O3/c1-22-18-10-15(12-4-2-11(9-17)3-5-12)14-8-13(19(20)21)6-7-16(14)18/h2-8,10H,1H3. The van der Waals surface area contributed by atoms with Crippen molar-refractivity contribution in [3.8, 4) is 17.2 Å². The van der Waals surface area contributed by atoms with E-state index in [1.54, 1.807) is 29.1 Å². The molecule has 6 heteroatoms. The molecule has 2 aromatic carbocycles. The lowest BCUT2D eigenvalue weighted by Crippen LogP contribution is -2.02. The van der Waals surface area contributed by atoms with Crippen LogP contribution in [-0.2, 0) is 0 Å². The summed E-state index contributed by atoms with van der Waals surface area (Å²) in [5, 5.41) is 20.6. The van der Waals surface area contributed by atoms with Crippen molar-refractivity contribution < 1.29 is 9.76 Å². The van der Waals surface area contributed by atoms with Gasteiger partial charge in [0.1, 0.15) is 7.11 Å². The minimum absolute atomic E-state index is 0.0243. The van der Waals surface area contributed by atoms with Crippen LogP contribution >= 0.6 is 0 Å². The number of fused-ring (bicyclic) bond motifs is 1. The Bertz CT molecular complexity index is 905. The van der Waals surface area contributed by atoms with Crippen molar-refractivity contribution in [2.75, 3.05) is 7.11 Å². The van der Waals surface area contributed by atoms with Crippen molar-refractivity contribution in [3.63, 3.8) is 0 Å². The number of nitro groups is 1. The molecule has 0 atom stereocenters. The number of benzene rings is 2. The summed E-state index contributed by atoms with van der Waals surface area (Å²) in [5.74, 6) is 0. The van der Waals surface area contributed by atoms with Gasteiger partial charge < -0.3 is 4.84 Å². The van der Waals surface area contributed by atoms with Crippen molar-refractivity contribution in [3.05, 3.63) is 64.3 Å². The number of rotatable bonds is 3. The Morgan fingerprint density at radius 2 is 1.95 bits per heavy atom. The molecular weight excluding hydrogens is 282 g/mol. The van der Waals surface area contributed by atoms with Gasteiger partial charge in [-0.05, 0) is 23.8 Å². The smallest absolute Gasteiger partial charge is 0.270 e. The second-order valence-corrected chi connectivity index (χ2v) is 4.70. The van der Waals surface area contributed by atoms with Crippen LogP contribution in [0.25, 0.3) is 22.0 Å². The van der Waals surface area contributed by atoms with Crippen LogP contribution in [0, 0.1) is 21.4 Å². The van der Waals surface area contributed by atoms with E-state index in [1.807, 2.05) is 12.1 Å². The maximum atomic E-state index is 11.0. The summed E-state index contributed by atoms with van der Waals surface area (Å²) >= 11 is 0. The average Bonchev–Trinajstić information content (AvgIpc) is 2.92.